The summed E-state index contributed by atoms with van der Waals surface area (Å²) in [6.07, 6.45) is 10.4. The van der Waals surface area contributed by atoms with E-state index in [2.05, 4.69) is 27.7 Å². The molecule has 0 amide bonds. The van der Waals surface area contributed by atoms with Crippen LogP contribution in [-0.2, 0) is 0 Å². The Bertz CT molecular complexity index is 218. The fraction of sp³-hybridized carbons (Fsp3) is 1.00. The van der Waals surface area contributed by atoms with E-state index >= 15 is 0 Å². The first-order valence-electron chi connectivity index (χ1n) is 6.98. The smallest absolute Gasteiger partial charge is 0.0220 e. The van der Waals surface area contributed by atoms with Gasteiger partial charge in [0, 0.05) is 0 Å². The maximum absolute atomic E-state index is 2.54. The average Bonchev–Trinajstić information content (AvgIpc) is 2.16. The molecule has 2 aliphatic rings. The normalized spacial score (nSPS) is 45.6. The Hall–Kier alpha value is 0. The number of hydrogen-bond donors (Lipinski definition) is 0. The lowest BCUT2D eigenvalue weighted by atomic mass is 9.48. The van der Waals surface area contributed by atoms with Gasteiger partial charge in [0.25, 0.3) is 0 Å². The van der Waals surface area contributed by atoms with Gasteiger partial charge in [-0.2, -0.15) is 0 Å². The van der Waals surface area contributed by atoms with Gasteiger partial charge < -0.3 is 0 Å². The Labute approximate surface area is 95.8 Å². The van der Waals surface area contributed by atoms with Crippen LogP contribution in [0, 0.1) is 22.7 Å². The molecule has 0 N–H and O–H groups in total. The summed E-state index contributed by atoms with van der Waals surface area (Å²) in [6, 6.07) is 0. The fourth-order valence-electron chi connectivity index (χ4n) is 4.49. The zero-order chi connectivity index (χ0) is 11.1. The van der Waals surface area contributed by atoms with Crippen LogP contribution in [-0.4, -0.2) is 0 Å². The Morgan fingerprint density at radius 3 is 2.00 bits per heavy atom. The van der Waals surface area contributed by atoms with Crippen LogP contribution in [0.25, 0.3) is 0 Å². The molecule has 0 heterocycles. The topological polar surface area (TPSA) is 0 Å². The SMILES string of the molecule is CC1CCC2(CC1)C(C)CCCC2(C)C. The third-order valence-corrected chi connectivity index (χ3v) is 5.90. The van der Waals surface area contributed by atoms with Crippen molar-refractivity contribution < 1.29 is 0 Å². The van der Waals surface area contributed by atoms with Gasteiger partial charge in [-0.25, -0.2) is 0 Å². The van der Waals surface area contributed by atoms with Crippen molar-refractivity contribution in [3.63, 3.8) is 0 Å². The van der Waals surface area contributed by atoms with Crippen LogP contribution < -0.4 is 0 Å². The van der Waals surface area contributed by atoms with Gasteiger partial charge >= 0.3 is 0 Å². The number of hydrogen-bond acceptors (Lipinski definition) is 0. The zero-order valence-corrected chi connectivity index (χ0v) is 11.1. The molecule has 0 aromatic rings. The minimum absolute atomic E-state index is 0.602. The second kappa shape index (κ2) is 3.79. The van der Waals surface area contributed by atoms with Gasteiger partial charge in [0.05, 0.1) is 0 Å². The summed E-state index contributed by atoms with van der Waals surface area (Å²) in [5.41, 5.74) is 1.29. The van der Waals surface area contributed by atoms with Crippen LogP contribution in [0.4, 0.5) is 0 Å². The summed E-state index contributed by atoms with van der Waals surface area (Å²) in [5.74, 6) is 1.95. The molecule has 2 fully saturated rings. The van der Waals surface area contributed by atoms with Crippen LogP contribution in [0.1, 0.15) is 72.6 Å². The van der Waals surface area contributed by atoms with E-state index in [0.29, 0.717) is 10.8 Å². The summed E-state index contributed by atoms with van der Waals surface area (Å²) in [5, 5.41) is 0. The van der Waals surface area contributed by atoms with E-state index in [4.69, 9.17) is 0 Å². The molecule has 1 spiro atoms. The summed E-state index contributed by atoms with van der Waals surface area (Å²) in [4.78, 5) is 0. The van der Waals surface area contributed by atoms with Crippen molar-refractivity contribution in [3.05, 3.63) is 0 Å². The molecule has 1 unspecified atom stereocenters. The Balaban J connectivity index is 2.21. The van der Waals surface area contributed by atoms with Crippen molar-refractivity contribution in [2.24, 2.45) is 22.7 Å². The predicted octanol–water partition coefficient (Wildman–Crippen LogP) is 5.03. The molecule has 1 atom stereocenters. The third-order valence-electron chi connectivity index (χ3n) is 5.90. The molecular weight excluding hydrogens is 180 g/mol. The minimum atomic E-state index is 0.602. The van der Waals surface area contributed by atoms with Gasteiger partial charge in [-0.15, -0.1) is 0 Å². The minimum Gasteiger partial charge on any atom is -0.0625 e. The molecular formula is C15H28. The van der Waals surface area contributed by atoms with E-state index in [9.17, 15) is 0 Å². The van der Waals surface area contributed by atoms with Crippen molar-refractivity contribution in [2.75, 3.05) is 0 Å². The van der Waals surface area contributed by atoms with Crippen molar-refractivity contribution >= 4 is 0 Å². The first kappa shape index (κ1) is 11.5. The summed E-state index contributed by atoms with van der Waals surface area (Å²) >= 11 is 0. The van der Waals surface area contributed by atoms with Crippen LogP contribution in [0.15, 0.2) is 0 Å². The lowest BCUT2D eigenvalue weighted by Crippen LogP contribution is -2.48. The second-order valence-electron chi connectivity index (χ2n) is 7.02. The van der Waals surface area contributed by atoms with Gasteiger partial charge in [-0.3, -0.25) is 0 Å². The molecule has 0 bridgehead atoms. The standard InChI is InChI=1S/C15H28/c1-12-7-10-15(11-8-12)13(2)6-5-9-14(15,3)4/h12-13H,5-11H2,1-4H3. The van der Waals surface area contributed by atoms with Gasteiger partial charge in [-0.05, 0) is 41.9 Å². The maximum Gasteiger partial charge on any atom is -0.0220 e. The van der Waals surface area contributed by atoms with Gasteiger partial charge in [0.1, 0.15) is 0 Å². The molecule has 0 aliphatic heterocycles. The van der Waals surface area contributed by atoms with Crippen LogP contribution >= 0.6 is 0 Å². The third kappa shape index (κ3) is 1.74. The van der Waals surface area contributed by atoms with Crippen molar-refractivity contribution in [3.8, 4) is 0 Å². The van der Waals surface area contributed by atoms with Crippen LogP contribution in [0.3, 0.4) is 0 Å². The highest BCUT2D eigenvalue weighted by Gasteiger charge is 2.51. The van der Waals surface area contributed by atoms with Crippen molar-refractivity contribution in [1.29, 1.82) is 0 Å². The molecule has 0 aromatic carbocycles. The molecule has 88 valence electrons. The van der Waals surface area contributed by atoms with E-state index < -0.39 is 0 Å². The van der Waals surface area contributed by atoms with E-state index in [0.717, 1.165) is 11.8 Å². The quantitative estimate of drug-likeness (QED) is 0.524. The van der Waals surface area contributed by atoms with E-state index in [1.165, 1.54) is 44.9 Å². The molecule has 0 aromatic heterocycles. The molecule has 0 radical (unpaired) electrons. The monoisotopic (exact) mass is 208 g/mol. The lowest BCUT2D eigenvalue weighted by Gasteiger charge is -2.57. The Kier molecular flexibility index (Phi) is 2.90. The van der Waals surface area contributed by atoms with Crippen molar-refractivity contribution in [2.45, 2.75) is 72.6 Å². The fourth-order valence-corrected chi connectivity index (χ4v) is 4.49. The Morgan fingerprint density at radius 1 is 0.867 bits per heavy atom. The van der Waals surface area contributed by atoms with Gasteiger partial charge in [-0.1, -0.05) is 53.4 Å². The predicted molar refractivity (Wildman–Crippen MR) is 66.9 cm³/mol. The largest absolute Gasteiger partial charge is 0.0625 e. The first-order valence-corrected chi connectivity index (χ1v) is 6.98. The average molecular weight is 208 g/mol. The molecule has 2 rings (SSSR count). The number of rotatable bonds is 0. The maximum atomic E-state index is 2.54. The molecule has 0 heteroatoms. The van der Waals surface area contributed by atoms with Gasteiger partial charge in [0.2, 0.25) is 0 Å². The molecule has 0 saturated heterocycles. The lowest BCUT2D eigenvalue weighted by molar-refractivity contribution is -0.0718. The Morgan fingerprint density at radius 2 is 1.47 bits per heavy atom. The molecule has 15 heavy (non-hydrogen) atoms. The highest BCUT2D eigenvalue weighted by Crippen LogP contribution is 2.60. The highest BCUT2D eigenvalue weighted by atomic mass is 14.6. The van der Waals surface area contributed by atoms with Gasteiger partial charge in [0.15, 0.2) is 0 Å². The molecule has 2 saturated carbocycles. The van der Waals surface area contributed by atoms with Crippen molar-refractivity contribution in [1.82, 2.24) is 0 Å². The summed E-state index contributed by atoms with van der Waals surface area (Å²) in [7, 11) is 0. The summed E-state index contributed by atoms with van der Waals surface area (Å²) in [6.45, 7) is 10.0. The summed E-state index contributed by atoms with van der Waals surface area (Å²) < 4.78 is 0. The molecule has 0 nitrogen and oxygen atoms in total. The van der Waals surface area contributed by atoms with Crippen LogP contribution in [0.5, 0.6) is 0 Å². The molecule has 2 aliphatic carbocycles. The van der Waals surface area contributed by atoms with Crippen LogP contribution in [0.2, 0.25) is 0 Å². The highest BCUT2D eigenvalue weighted by molar-refractivity contribution is 5.01. The van der Waals surface area contributed by atoms with E-state index in [1.54, 1.807) is 0 Å². The second-order valence-corrected chi connectivity index (χ2v) is 7.02. The van der Waals surface area contributed by atoms with E-state index in [1.807, 2.05) is 0 Å². The first-order chi connectivity index (χ1) is 6.98. The van der Waals surface area contributed by atoms with E-state index in [-0.39, 0.29) is 0 Å². The zero-order valence-electron chi connectivity index (χ0n) is 11.1.